The van der Waals surface area contributed by atoms with E-state index in [1.54, 1.807) is 18.2 Å². The fourth-order valence-electron chi connectivity index (χ4n) is 1.50. The van der Waals surface area contributed by atoms with Gasteiger partial charge in [0.1, 0.15) is 5.69 Å². The van der Waals surface area contributed by atoms with Crippen LogP contribution in [0.15, 0.2) is 45.7 Å². The third-order valence-electron chi connectivity index (χ3n) is 2.43. The first-order valence-electron chi connectivity index (χ1n) is 5.33. The molecule has 0 aliphatic carbocycles. The van der Waals surface area contributed by atoms with Gasteiger partial charge in [0.25, 0.3) is 5.91 Å². The lowest BCUT2D eigenvalue weighted by Crippen LogP contribution is -2.17. The second kappa shape index (κ2) is 5.18. The first-order chi connectivity index (χ1) is 8.56. The number of nitrogens with one attached hydrogen (secondary N) is 2. The number of aromatic nitrogens is 1. The summed E-state index contributed by atoms with van der Waals surface area (Å²) in [5.41, 5.74) is 1.65. The summed E-state index contributed by atoms with van der Waals surface area (Å²) in [6.45, 7) is 1.93. The molecule has 2 rings (SSSR count). The second-order valence-electron chi connectivity index (χ2n) is 3.85. The van der Waals surface area contributed by atoms with Gasteiger partial charge in [-0.1, -0.05) is 22.0 Å². The zero-order chi connectivity index (χ0) is 13.1. The molecule has 0 aliphatic heterocycles. The molecule has 1 aromatic carbocycles. The lowest BCUT2D eigenvalue weighted by atomic mass is 10.2. The van der Waals surface area contributed by atoms with E-state index in [-0.39, 0.29) is 17.2 Å². The molecule has 1 amide bonds. The van der Waals surface area contributed by atoms with Crippen molar-refractivity contribution in [2.24, 2.45) is 0 Å². The topological polar surface area (TPSA) is 62.0 Å². The van der Waals surface area contributed by atoms with Gasteiger partial charge >= 0.3 is 0 Å². The molecule has 0 bridgehead atoms. The van der Waals surface area contributed by atoms with Crippen molar-refractivity contribution in [1.82, 2.24) is 4.98 Å². The molecule has 0 aliphatic rings. The van der Waals surface area contributed by atoms with Crippen LogP contribution in [0.25, 0.3) is 0 Å². The lowest BCUT2D eigenvalue weighted by Gasteiger charge is -2.06. The highest BCUT2D eigenvalue weighted by atomic mass is 79.9. The van der Waals surface area contributed by atoms with E-state index in [2.05, 4.69) is 26.2 Å². The number of aromatic amines is 1. The van der Waals surface area contributed by atoms with E-state index in [0.717, 1.165) is 10.0 Å². The molecule has 5 heteroatoms. The van der Waals surface area contributed by atoms with Crippen molar-refractivity contribution in [3.63, 3.8) is 0 Å². The van der Waals surface area contributed by atoms with Crippen LogP contribution < -0.4 is 10.9 Å². The molecule has 0 unspecified atom stereocenters. The number of benzene rings is 1. The maximum Gasteiger partial charge on any atom is 0.272 e. The van der Waals surface area contributed by atoms with Gasteiger partial charge in [-0.2, -0.15) is 0 Å². The van der Waals surface area contributed by atoms with Gasteiger partial charge < -0.3 is 10.3 Å². The first kappa shape index (κ1) is 12.6. The van der Waals surface area contributed by atoms with Crippen LogP contribution >= 0.6 is 15.9 Å². The van der Waals surface area contributed by atoms with Crippen molar-refractivity contribution in [3.8, 4) is 0 Å². The van der Waals surface area contributed by atoms with Gasteiger partial charge in [0, 0.05) is 16.2 Å². The van der Waals surface area contributed by atoms with Gasteiger partial charge in [-0.3, -0.25) is 9.59 Å². The number of pyridine rings is 1. The van der Waals surface area contributed by atoms with Gasteiger partial charge in [0.15, 0.2) is 0 Å². The number of hydrogen-bond donors (Lipinski definition) is 2. The summed E-state index contributed by atoms with van der Waals surface area (Å²) < 4.78 is 0.980. The van der Waals surface area contributed by atoms with Crippen molar-refractivity contribution in [2.75, 3.05) is 5.32 Å². The molecular weight excluding hydrogens is 296 g/mol. The summed E-state index contributed by atoms with van der Waals surface area (Å²) in [7, 11) is 0. The van der Waals surface area contributed by atoms with E-state index in [4.69, 9.17) is 0 Å². The van der Waals surface area contributed by atoms with Gasteiger partial charge in [0.2, 0.25) is 5.56 Å². The molecule has 2 aromatic rings. The van der Waals surface area contributed by atoms with Crippen LogP contribution in [0.3, 0.4) is 0 Å². The van der Waals surface area contributed by atoms with E-state index in [0.29, 0.717) is 5.69 Å². The van der Waals surface area contributed by atoms with E-state index in [9.17, 15) is 9.59 Å². The number of halogens is 1. The quantitative estimate of drug-likeness (QED) is 0.896. The van der Waals surface area contributed by atoms with Crippen molar-refractivity contribution in [1.29, 1.82) is 0 Å². The maximum absolute atomic E-state index is 11.9. The monoisotopic (exact) mass is 306 g/mol. The Morgan fingerprint density at radius 3 is 2.72 bits per heavy atom. The summed E-state index contributed by atoms with van der Waals surface area (Å²) >= 11 is 3.39. The first-order valence-corrected chi connectivity index (χ1v) is 6.12. The average molecular weight is 307 g/mol. The molecule has 0 spiro atoms. The Labute approximate surface area is 112 Å². The zero-order valence-corrected chi connectivity index (χ0v) is 11.2. The molecule has 0 fully saturated rings. The predicted octanol–water partition coefficient (Wildman–Crippen LogP) is 2.70. The molecular formula is C13H11BrN2O2. The number of H-pyrrole nitrogens is 1. The highest BCUT2D eigenvalue weighted by Gasteiger charge is 2.07. The van der Waals surface area contributed by atoms with Crippen molar-refractivity contribution in [3.05, 3.63) is 62.5 Å². The number of amides is 1. The van der Waals surface area contributed by atoms with E-state index < -0.39 is 0 Å². The minimum Gasteiger partial charge on any atom is -0.321 e. The minimum absolute atomic E-state index is 0.239. The van der Waals surface area contributed by atoms with E-state index in [1.807, 2.05) is 19.1 Å². The molecule has 92 valence electrons. The Kier molecular flexibility index (Phi) is 3.62. The molecule has 0 saturated heterocycles. The van der Waals surface area contributed by atoms with Crippen LogP contribution in [0.2, 0.25) is 0 Å². The van der Waals surface area contributed by atoms with E-state index in [1.165, 1.54) is 6.07 Å². The van der Waals surface area contributed by atoms with Crippen molar-refractivity contribution >= 4 is 27.5 Å². The normalized spacial score (nSPS) is 10.1. The van der Waals surface area contributed by atoms with Crippen LogP contribution in [0.1, 0.15) is 16.1 Å². The van der Waals surface area contributed by atoms with Gasteiger partial charge in [-0.25, -0.2) is 0 Å². The molecule has 18 heavy (non-hydrogen) atoms. The number of anilines is 1. The Balaban J connectivity index is 2.21. The number of carbonyl (C=O) groups excluding carboxylic acids is 1. The summed E-state index contributed by atoms with van der Waals surface area (Å²) in [5.74, 6) is -0.338. The van der Waals surface area contributed by atoms with Crippen LogP contribution in [0.5, 0.6) is 0 Å². The molecule has 1 aromatic heterocycles. The largest absolute Gasteiger partial charge is 0.321 e. The summed E-state index contributed by atoms with van der Waals surface area (Å²) in [5, 5.41) is 2.72. The molecule has 2 N–H and O–H groups in total. The minimum atomic E-state index is -0.338. The molecule has 4 nitrogen and oxygen atoms in total. The fourth-order valence-corrected chi connectivity index (χ4v) is 1.75. The maximum atomic E-state index is 11.9. The highest BCUT2D eigenvalue weighted by molar-refractivity contribution is 9.10. The number of hydrogen-bond acceptors (Lipinski definition) is 2. The van der Waals surface area contributed by atoms with Crippen molar-refractivity contribution < 1.29 is 4.79 Å². The molecule has 0 atom stereocenters. The number of rotatable bonds is 2. The SMILES string of the molecule is Cc1cc(NC(=O)c2cccc(=O)[nH]2)ccc1Br. The Morgan fingerprint density at radius 1 is 1.28 bits per heavy atom. The summed E-state index contributed by atoms with van der Waals surface area (Å²) in [6.07, 6.45) is 0. The van der Waals surface area contributed by atoms with Crippen molar-refractivity contribution in [2.45, 2.75) is 6.92 Å². The number of aryl methyl sites for hydroxylation is 1. The molecule has 0 saturated carbocycles. The Bertz CT molecular complexity index is 649. The zero-order valence-electron chi connectivity index (χ0n) is 9.66. The lowest BCUT2D eigenvalue weighted by molar-refractivity contribution is 0.102. The standard InChI is InChI=1S/C13H11BrN2O2/c1-8-7-9(5-6-10(8)14)15-13(18)11-3-2-4-12(17)16-11/h2-7H,1H3,(H,15,18)(H,16,17). The van der Waals surface area contributed by atoms with Gasteiger partial charge in [0.05, 0.1) is 0 Å². The third-order valence-corrected chi connectivity index (χ3v) is 3.32. The molecule has 0 radical (unpaired) electrons. The highest BCUT2D eigenvalue weighted by Crippen LogP contribution is 2.20. The smallest absolute Gasteiger partial charge is 0.272 e. The number of carbonyl (C=O) groups is 1. The summed E-state index contributed by atoms with van der Waals surface area (Å²) in [6, 6.07) is 9.96. The average Bonchev–Trinajstić information content (AvgIpc) is 2.34. The fraction of sp³-hybridized carbons (Fsp3) is 0.0769. The van der Waals surface area contributed by atoms with Crippen LogP contribution in [-0.2, 0) is 0 Å². The van der Waals surface area contributed by atoms with Crippen LogP contribution in [-0.4, -0.2) is 10.9 Å². The Hall–Kier alpha value is -1.88. The predicted molar refractivity (Wildman–Crippen MR) is 73.9 cm³/mol. The van der Waals surface area contributed by atoms with Gasteiger partial charge in [-0.15, -0.1) is 0 Å². The Morgan fingerprint density at radius 2 is 2.06 bits per heavy atom. The second-order valence-corrected chi connectivity index (χ2v) is 4.70. The van der Waals surface area contributed by atoms with Gasteiger partial charge in [-0.05, 0) is 36.8 Å². The van der Waals surface area contributed by atoms with E-state index >= 15 is 0 Å². The van der Waals surface area contributed by atoms with Crippen LogP contribution in [0.4, 0.5) is 5.69 Å². The van der Waals surface area contributed by atoms with Crippen LogP contribution in [0, 0.1) is 6.92 Å². The molecule has 1 heterocycles. The summed E-state index contributed by atoms with van der Waals surface area (Å²) in [4.78, 5) is 25.5. The third kappa shape index (κ3) is 2.87.